The summed E-state index contributed by atoms with van der Waals surface area (Å²) >= 11 is 0. The van der Waals surface area contributed by atoms with E-state index in [9.17, 15) is 9.59 Å². The molecular formula is C32H32N6O6. The molecule has 4 rings (SSSR count). The highest BCUT2D eigenvalue weighted by Crippen LogP contribution is 2.24. The number of nitrogens with two attached hydrogens (primary N) is 2. The normalized spacial score (nSPS) is 11.2. The third-order valence-electron chi connectivity index (χ3n) is 6.26. The van der Waals surface area contributed by atoms with Crippen molar-refractivity contribution < 1.29 is 28.5 Å². The van der Waals surface area contributed by atoms with Crippen LogP contribution in [0.4, 0.5) is 0 Å². The molecule has 4 aromatic rings. The molecule has 4 N–H and O–H groups in total. The largest absolute Gasteiger partial charge is 0.490 e. The van der Waals surface area contributed by atoms with Crippen molar-refractivity contribution in [3.05, 3.63) is 119 Å². The minimum absolute atomic E-state index is 0.194. The van der Waals surface area contributed by atoms with E-state index < -0.39 is 0 Å². The van der Waals surface area contributed by atoms with Crippen molar-refractivity contribution in [2.24, 2.45) is 21.9 Å². The fraction of sp³-hybridized carbons (Fsp3) is 0.188. The topological polar surface area (TPSA) is 174 Å². The molecule has 226 valence electrons. The molecule has 12 heteroatoms. The van der Waals surface area contributed by atoms with Crippen LogP contribution in [-0.2, 0) is 9.47 Å². The number of ether oxygens (including phenoxy) is 4. The van der Waals surface area contributed by atoms with Crippen molar-refractivity contribution in [2.75, 3.05) is 39.6 Å². The van der Waals surface area contributed by atoms with E-state index in [1.165, 1.54) is 12.4 Å². The average Bonchev–Trinajstić information content (AvgIpc) is 3.07. The Morgan fingerprint density at radius 3 is 1.36 bits per heavy atom. The third kappa shape index (κ3) is 8.53. The molecule has 0 aliphatic rings. The Labute approximate surface area is 254 Å². The summed E-state index contributed by atoms with van der Waals surface area (Å²) in [6, 6.07) is 16.9. The van der Waals surface area contributed by atoms with E-state index in [2.05, 4.69) is 20.2 Å². The first-order chi connectivity index (χ1) is 21.6. The van der Waals surface area contributed by atoms with Gasteiger partial charge in [-0.25, -0.2) is 0 Å². The van der Waals surface area contributed by atoms with Crippen LogP contribution in [0.15, 0.2) is 95.7 Å². The first-order valence-electron chi connectivity index (χ1n) is 13.7. The van der Waals surface area contributed by atoms with Crippen LogP contribution in [0.25, 0.3) is 0 Å². The lowest BCUT2D eigenvalue weighted by Gasteiger charge is -2.13. The van der Waals surface area contributed by atoms with E-state index in [0.29, 0.717) is 71.3 Å². The van der Waals surface area contributed by atoms with Gasteiger partial charge in [-0.05, 0) is 36.4 Å². The van der Waals surface area contributed by atoms with Crippen molar-refractivity contribution in [1.29, 1.82) is 0 Å². The molecule has 2 aromatic heterocycles. The van der Waals surface area contributed by atoms with Crippen LogP contribution < -0.4 is 21.2 Å². The van der Waals surface area contributed by atoms with E-state index in [0.717, 1.165) is 0 Å². The molecule has 0 unspecified atom stereocenters. The van der Waals surface area contributed by atoms with Gasteiger partial charge in [-0.2, -0.15) is 10.2 Å². The second kappa shape index (κ2) is 16.9. The average molecular weight is 597 g/mol. The van der Waals surface area contributed by atoms with Gasteiger partial charge in [0, 0.05) is 58.2 Å². The monoisotopic (exact) mass is 596 g/mol. The number of nitrogens with zero attached hydrogens (tertiary/aromatic N) is 4. The number of carbonyl (C=O) groups excluding carboxylic acids is 2. The van der Waals surface area contributed by atoms with E-state index in [4.69, 9.17) is 30.6 Å². The Morgan fingerprint density at radius 1 is 0.591 bits per heavy atom. The van der Waals surface area contributed by atoms with Crippen molar-refractivity contribution in [2.45, 2.75) is 0 Å². The minimum atomic E-state index is -0.194. The summed E-state index contributed by atoms with van der Waals surface area (Å²) in [5, 5.41) is 7.20. The van der Waals surface area contributed by atoms with Gasteiger partial charge in [-0.1, -0.05) is 24.3 Å². The van der Waals surface area contributed by atoms with Crippen molar-refractivity contribution in [1.82, 2.24) is 9.97 Å². The number of rotatable bonds is 17. The highest BCUT2D eigenvalue weighted by Gasteiger charge is 2.18. The maximum atomic E-state index is 13.0. The van der Waals surface area contributed by atoms with Gasteiger partial charge in [0.1, 0.15) is 24.7 Å². The molecule has 0 aliphatic carbocycles. The van der Waals surface area contributed by atoms with Crippen LogP contribution in [-0.4, -0.2) is 73.6 Å². The summed E-state index contributed by atoms with van der Waals surface area (Å²) in [5.74, 6) is 11.3. The molecule has 0 amide bonds. The zero-order valence-electron chi connectivity index (χ0n) is 23.9. The lowest BCUT2D eigenvalue weighted by molar-refractivity contribution is 0.0273. The summed E-state index contributed by atoms with van der Waals surface area (Å²) in [4.78, 5) is 33.9. The molecule has 2 aromatic carbocycles. The van der Waals surface area contributed by atoms with Crippen LogP contribution in [0.3, 0.4) is 0 Å². The number of carbonyl (C=O) groups is 2. The Morgan fingerprint density at radius 2 is 0.977 bits per heavy atom. The van der Waals surface area contributed by atoms with Gasteiger partial charge in [-0.15, -0.1) is 0 Å². The molecule has 12 nitrogen and oxygen atoms in total. The zero-order valence-corrected chi connectivity index (χ0v) is 23.9. The maximum Gasteiger partial charge on any atom is 0.193 e. The van der Waals surface area contributed by atoms with Gasteiger partial charge in [0.05, 0.1) is 38.9 Å². The van der Waals surface area contributed by atoms with Gasteiger partial charge in [0.2, 0.25) is 0 Å². The highest BCUT2D eigenvalue weighted by molar-refractivity contribution is 6.14. The van der Waals surface area contributed by atoms with Crippen LogP contribution in [0.5, 0.6) is 11.5 Å². The predicted molar refractivity (Wildman–Crippen MR) is 164 cm³/mol. The first kappa shape index (κ1) is 31.5. The fourth-order valence-corrected chi connectivity index (χ4v) is 4.21. The summed E-state index contributed by atoms with van der Waals surface area (Å²) in [6.07, 6.45) is 9.00. The molecule has 2 heterocycles. The molecule has 0 saturated heterocycles. The summed E-state index contributed by atoms with van der Waals surface area (Å²) < 4.78 is 22.9. The number of hydrazone groups is 2. The Balaban J connectivity index is 1.19. The van der Waals surface area contributed by atoms with Gasteiger partial charge >= 0.3 is 0 Å². The Hall–Kier alpha value is -5.46. The van der Waals surface area contributed by atoms with Crippen molar-refractivity contribution >= 4 is 24.0 Å². The summed E-state index contributed by atoms with van der Waals surface area (Å²) in [5.41, 5.74) is 2.77. The number of ketones is 2. The smallest absolute Gasteiger partial charge is 0.193 e. The molecule has 0 aliphatic heterocycles. The molecule has 0 radical (unpaired) electrons. The van der Waals surface area contributed by atoms with Crippen LogP contribution in [0.2, 0.25) is 0 Å². The van der Waals surface area contributed by atoms with E-state index in [1.54, 1.807) is 85.5 Å². The Kier molecular flexibility index (Phi) is 12.1. The highest BCUT2D eigenvalue weighted by atomic mass is 16.6. The molecule has 0 saturated carbocycles. The summed E-state index contributed by atoms with van der Waals surface area (Å²) in [6.45, 7) is 1.73. The first-order valence-corrected chi connectivity index (χ1v) is 13.7. The zero-order chi connectivity index (χ0) is 31.0. The van der Waals surface area contributed by atoms with E-state index in [-0.39, 0.29) is 24.8 Å². The lowest BCUT2D eigenvalue weighted by atomic mass is 9.99. The Bertz CT molecular complexity index is 1460. The number of hydrogen-bond acceptors (Lipinski definition) is 12. The molecule has 0 fully saturated rings. The van der Waals surface area contributed by atoms with Gasteiger partial charge < -0.3 is 30.6 Å². The summed E-state index contributed by atoms with van der Waals surface area (Å²) in [7, 11) is 0. The van der Waals surface area contributed by atoms with Crippen LogP contribution in [0, 0.1) is 0 Å². The second-order valence-electron chi connectivity index (χ2n) is 9.04. The molecule has 0 bridgehead atoms. The van der Waals surface area contributed by atoms with Crippen molar-refractivity contribution in [3.8, 4) is 11.5 Å². The molecule has 44 heavy (non-hydrogen) atoms. The fourth-order valence-electron chi connectivity index (χ4n) is 4.21. The van der Waals surface area contributed by atoms with E-state index >= 15 is 0 Å². The SMILES string of the molecule is NN=Cc1c(OCCOCCOCCOc2cccc(C(=O)c3ccncc3)c2C=NN)cccc1C(=O)c1ccncc1. The van der Waals surface area contributed by atoms with E-state index in [1.807, 2.05) is 0 Å². The second-order valence-corrected chi connectivity index (χ2v) is 9.04. The third-order valence-corrected chi connectivity index (χ3v) is 6.26. The number of benzene rings is 2. The van der Waals surface area contributed by atoms with Gasteiger partial charge in [-0.3, -0.25) is 19.6 Å². The molecule has 0 atom stereocenters. The van der Waals surface area contributed by atoms with Gasteiger partial charge in [0.15, 0.2) is 11.6 Å². The van der Waals surface area contributed by atoms with Crippen LogP contribution in [0.1, 0.15) is 43.0 Å². The standard InChI is InChI=1S/C32H32N6O6/c33-37-21-27-25(31(39)23-7-11-35-12-8-23)3-1-5-29(27)43-19-17-41-15-16-42-18-20-44-30-6-2-4-26(28(30)22-38-34)32(40)24-9-13-36-14-10-24/h1-14,21-22H,15-20,33-34H2. The maximum absolute atomic E-state index is 13.0. The quantitative estimate of drug-likeness (QED) is 0.0606. The van der Waals surface area contributed by atoms with Crippen LogP contribution >= 0.6 is 0 Å². The number of aromatic nitrogens is 2. The lowest BCUT2D eigenvalue weighted by Crippen LogP contribution is -2.15. The predicted octanol–water partition coefficient (Wildman–Crippen LogP) is 3.01. The minimum Gasteiger partial charge on any atom is -0.490 e. The molecule has 0 spiro atoms. The van der Waals surface area contributed by atoms with Crippen molar-refractivity contribution in [3.63, 3.8) is 0 Å². The number of pyridine rings is 2. The van der Waals surface area contributed by atoms with Gasteiger partial charge in [0.25, 0.3) is 0 Å². The molecular weight excluding hydrogens is 564 g/mol. The number of hydrogen-bond donors (Lipinski definition) is 2.